The third-order valence-electron chi connectivity index (χ3n) is 4.30. The van der Waals surface area contributed by atoms with Crippen LogP contribution in [0.2, 0.25) is 5.02 Å². The lowest BCUT2D eigenvalue weighted by Gasteiger charge is -2.13. The summed E-state index contributed by atoms with van der Waals surface area (Å²) in [4.78, 5) is -0.949. The summed E-state index contributed by atoms with van der Waals surface area (Å²) in [5, 5.41) is 22.4. The van der Waals surface area contributed by atoms with Crippen molar-refractivity contribution in [2.45, 2.75) is 4.90 Å². The van der Waals surface area contributed by atoms with Crippen molar-refractivity contribution in [2.24, 2.45) is 0 Å². The summed E-state index contributed by atoms with van der Waals surface area (Å²) in [5.74, 6) is -3.79. The second-order valence-corrected chi connectivity index (χ2v) is 8.38. The third-order valence-corrected chi connectivity index (χ3v) is 6.28. The van der Waals surface area contributed by atoms with Gasteiger partial charge in [0.05, 0.1) is 16.8 Å². The summed E-state index contributed by atoms with van der Waals surface area (Å²) in [6.45, 7) is 0. The Morgan fingerprint density at radius 2 is 1.86 bits per heavy atom. The first-order valence-corrected chi connectivity index (χ1v) is 9.94. The minimum absolute atomic E-state index is 0.0523. The Morgan fingerprint density at radius 1 is 1.10 bits per heavy atom. The van der Waals surface area contributed by atoms with Crippen LogP contribution in [-0.4, -0.2) is 17.5 Å². The molecule has 0 saturated heterocycles. The molecule has 0 aliphatic rings. The van der Waals surface area contributed by atoms with Crippen LogP contribution in [0.3, 0.4) is 0 Å². The van der Waals surface area contributed by atoms with Gasteiger partial charge in [0.1, 0.15) is 10.7 Å². The molecule has 0 atom stereocenters. The van der Waals surface area contributed by atoms with Crippen molar-refractivity contribution in [1.82, 2.24) is 3.97 Å². The maximum absolute atomic E-state index is 13.8. The van der Waals surface area contributed by atoms with E-state index in [0.29, 0.717) is 27.3 Å². The second-order valence-electron chi connectivity index (χ2n) is 6.19. The molecule has 0 fully saturated rings. The molecule has 0 amide bonds. The van der Waals surface area contributed by atoms with Gasteiger partial charge in [0, 0.05) is 22.5 Å². The molecule has 4 rings (SSSR count). The minimum atomic E-state index is -4.67. The number of aromatic nitrogens is 2. The zero-order valence-corrected chi connectivity index (χ0v) is 16.0. The topological polar surface area (TPSA) is 86.2 Å². The van der Waals surface area contributed by atoms with Crippen LogP contribution >= 0.6 is 11.6 Å². The van der Waals surface area contributed by atoms with Crippen molar-refractivity contribution < 1.29 is 27.0 Å². The van der Waals surface area contributed by atoms with Crippen LogP contribution < -0.4 is 4.73 Å². The smallest absolute Gasteiger partial charge is 0.272 e. The summed E-state index contributed by atoms with van der Waals surface area (Å²) >= 11 is 6.00. The Morgan fingerprint density at radius 3 is 2.59 bits per heavy atom. The SMILES string of the molecule is O=S(=O)(c1cc(F)cc(F)c1O)n1c(-c2ccc[n+]([O-])c2)cc2cc(Cl)ccc21. The maximum atomic E-state index is 13.8. The second kappa shape index (κ2) is 6.71. The van der Waals surface area contributed by atoms with Crippen LogP contribution in [-0.2, 0) is 10.0 Å². The fraction of sp³-hybridized carbons (Fsp3) is 0. The van der Waals surface area contributed by atoms with Crippen molar-refractivity contribution in [2.75, 3.05) is 0 Å². The summed E-state index contributed by atoms with van der Waals surface area (Å²) in [6.07, 6.45) is 2.36. The molecule has 2 aromatic carbocycles. The predicted octanol–water partition coefficient (Wildman–Crippen LogP) is 3.82. The normalized spacial score (nSPS) is 11.8. The number of phenols is 1. The number of benzene rings is 2. The standard InChI is InChI=1S/C19H11ClF2N2O4S/c20-13-3-4-16-12(6-13)7-17(11-2-1-5-23(26)10-11)24(16)29(27,28)18-9-14(21)8-15(22)19(18)25/h1-10,25H. The van der Waals surface area contributed by atoms with E-state index in [4.69, 9.17) is 11.6 Å². The predicted molar refractivity (Wildman–Crippen MR) is 102 cm³/mol. The van der Waals surface area contributed by atoms with E-state index in [2.05, 4.69) is 0 Å². The van der Waals surface area contributed by atoms with E-state index in [1.807, 2.05) is 0 Å². The summed E-state index contributed by atoms with van der Waals surface area (Å²) < 4.78 is 55.6. The van der Waals surface area contributed by atoms with Gasteiger partial charge in [0.15, 0.2) is 24.0 Å². The lowest BCUT2D eigenvalue weighted by Crippen LogP contribution is -2.24. The fourth-order valence-electron chi connectivity index (χ4n) is 3.06. The first-order valence-electron chi connectivity index (χ1n) is 8.12. The monoisotopic (exact) mass is 436 g/mol. The van der Waals surface area contributed by atoms with Crippen molar-refractivity contribution in [3.05, 3.63) is 82.8 Å². The van der Waals surface area contributed by atoms with Gasteiger partial charge in [0.25, 0.3) is 10.0 Å². The minimum Gasteiger partial charge on any atom is -0.619 e. The van der Waals surface area contributed by atoms with Crippen LogP contribution in [0.5, 0.6) is 5.75 Å². The number of fused-ring (bicyclic) bond motifs is 1. The Balaban J connectivity index is 2.11. The average molecular weight is 437 g/mol. The van der Waals surface area contributed by atoms with Gasteiger partial charge >= 0.3 is 0 Å². The highest BCUT2D eigenvalue weighted by Crippen LogP contribution is 2.36. The molecule has 0 spiro atoms. The quantitative estimate of drug-likeness (QED) is 0.391. The summed E-state index contributed by atoms with van der Waals surface area (Å²) in [6, 6.07) is 9.67. The zero-order chi connectivity index (χ0) is 20.9. The van der Waals surface area contributed by atoms with Gasteiger partial charge in [0.2, 0.25) is 0 Å². The molecule has 148 valence electrons. The van der Waals surface area contributed by atoms with Crippen molar-refractivity contribution in [3.63, 3.8) is 0 Å². The maximum Gasteiger partial charge on any atom is 0.272 e. The van der Waals surface area contributed by atoms with Gasteiger partial charge in [-0.25, -0.2) is 21.2 Å². The number of nitrogens with zero attached hydrogens (tertiary/aromatic N) is 2. The number of hydrogen-bond donors (Lipinski definition) is 1. The number of pyridine rings is 1. The molecule has 10 heteroatoms. The molecule has 2 heterocycles. The van der Waals surface area contributed by atoms with Gasteiger partial charge in [-0.3, -0.25) is 0 Å². The highest BCUT2D eigenvalue weighted by molar-refractivity contribution is 7.90. The van der Waals surface area contributed by atoms with Crippen LogP contribution in [0.15, 0.2) is 65.8 Å². The van der Waals surface area contributed by atoms with Gasteiger partial charge in [-0.05, 0) is 36.4 Å². The summed E-state index contributed by atoms with van der Waals surface area (Å²) in [7, 11) is -4.67. The third kappa shape index (κ3) is 3.18. The summed E-state index contributed by atoms with van der Waals surface area (Å²) in [5.41, 5.74) is 0.432. The molecule has 0 aliphatic heterocycles. The number of hydrogen-bond acceptors (Lipinski definition) is 4. The van der Waals surface area contributed by atoms with Crippen molar-refractivity contribution >= 4 is 32.5 Å². The van der Waals surface area contributed by atoms with Gasteiger partial charge in [-0.1, -0.05) is 11.6 Å². The number of phenolic OH excluding ortho intramolecular Hbond substituents is 1. The molecule has 0 unspecified atom stereocenters. The van der Waals surface area contributed by atoms with E-state index < -0.39 is 32.3 Å². The largest absolute Gasteiger partial charge is 0.619 e. The zero-order valence-electron chi connectivity index (χ0n) is 14.4. The fourth-order valence-corrected chi connectivity index (χ4v) is 4.89. The molecule has 29 heavy (non-hydrogen) atoms. The lowest BCUT2D eigenvalue weighted by molar-refractivity contribution is -0.604. The number of aromatic hydroxyl groups is 1. The van der Waals surface area contributed by atoms with Crippen molar-refractivity contribution in [1.29, 1.82) is 0 Å². The molecule has 4 aromatic rings. The van der Waals surface area contributed by atoms with Crippen LogP contribution in [0, 0.1) is 16.8 Å². The van der Waals surface area contributed by atoms with Gasteiger partial charge < -0.3 is 10.3 Å². The first-order chi connectivity index (χ1) is 13.7. The van der Waals surface area contributed by atoms with E-state index >= 15 is 0 Å². The van der Waals surface area contributed by atoms with E-state index in [9.17, 15) is 27.5 Å². The first kappa shape index (κ1) is 19.2. The van der Waals surface area contributed by atoms with E-state index in [1.165, 1.54) is 42.6 Å². The Kier molecular flexibility index (Phi) is 4.44. The Labute approximate surface area is 168 Å². The Hall–Kier alpha value is -3.17. The van der Waals surface area contributed by atoms with E-state index in [-0.39, 0.29) is 16.8 Å². The molecule has 2 aromatic heterocycles. The van der Waals surface area contributed by atoms with Crippen molar-refractivity contribution in [3.8, 4) is 17.0 Å². The molecule has 1 N–H and O–H groups in total. The van der Waals surface area contributed by atoms with Crippen LogP contribution in [0.4, 0.5) is 8.78 Å². The lowest BCUT2D eigenvalue weighted by atomic mass is 10.2. The molecule has 0 radical (unpaired) electrons. The van der Waals surface area contributed by atoms with Gasteiger partial charge in [-0.15, -0.1) is 0 Å². The number of halogens is 3. The highest BCUT2D eigenvalue weighted by Gasteiger charge is 2.29. The molecule has 6 nitrogen and oxygen atoms in total. The van der Waals surface area contributed by atoms with E-state index in [0.717, 1.165) is 10.2 Å². The average Bonchev–Trinajstić information content (AvgIpc) is 3.04. The highest BCUT2D eigenvalue weighted by atomic mass is 35.5. The molecule has 0 saturated carbocycles. The molecule has 0 bridgehead atoms. The van der Waals surface area contributed by atoms with Crippen LogP contribution in [0.25, 0.3) is 22.2 Å². The molecule has 0 aliphatic carbocycles. The Bertz CT molecular complexity index is 1390. The molecular formula is C19H11ClF2N2O4S. The van der Waals surface area contributed by atoms with Crippen LogP contribution in [0.1, 0.15) is 0 Å². The molecular weight excluding hydrogens is 426 g/mol. The number of rotatable bonds is 3. The van der Waals surface area contributed by atoms with E-state index in [1.54, 1.807) is 0 Å². The van der Waals surface area contributed by atoms with Gasteiger partial charge in [-0.2, -0.15) is 4.73 Å².